The third-order valence-electron chi connectivity index (χ3n) is 3.57. The predicted molar refractivity (Wildman–Crippen MR) is 78.3 cm³/mol. The molecule has 2 unspecified atom stereocenters. The van der Waals surface area contributed by atoms with Gasteiger partial charge in [-0.05, 0) is 12.8 Å². The van der Waals surface area contributed by atoms with Crippen molar-refractivity contribution in [2.75, 3.05) is 6.54 Å². The lowest BCUT2D eigenvalue weighted by molar-refractivity contribution is -0.136. The highest BCUT2D eigenvalue weighted by Crippen LogP contribution is 2.28. The van der Waals surface area contributed by atoms with E-state index in [1.807, 2.05) is 24.1 Å². The van der Waals surface area contributed by atoms with Gasteiger partial charge < -0.3 is 10.2 Å². The molecule has 2 heterocycles. The molecule has 5 nitrogen and oxygen atoms in total. The van der Waals surface area contributed by atoms with Crippen LogP contribution in [0, 0.1) is 0 Å². The fraction of sp³-hybridized carbons (Fsp3) is 0.643. The molecule has 1 N–H and O–H groups in total. The molecule has 1 aliphatic rings. The number of aromatic nitrogens is 1. The van der Waals surface area contributed by atoms with E-state index in [1.165, 1.54) is 0 Å². The van der Waals surface area contributed by atoms with E-state index in [-0.39, 0.29) is 23.9 Å². The molecule has 20 heavy (non-hydrogen) atoms. The summed E-state index contributed by atoms with van der Waals surface area (Å²) in [6.07, 6.45) is 4.51. The number of nitrogens with one attached hydrogen (secondary N) is 1. The Labute approximate surface area is 123 Å². The van der Waals surface area contributed by atoms with Crippen molar-refractivity contribution in [3.8, 4) is 0 Å². The summed E-state index contributed by atoms with van der Waals surface area (Å²) in [5.41, 5.74) is 0. The van der Waals surface area contributed by atoms with Crippen LogP contribution in [0.15, 0.2) is 11.6 Å². The molecule has 2 rings (SSSR count). The van der Waals surface area contributed by atoms with Crippen LogP contribution < -0.4 is 5.32 Å². The third kappa shape index (κ3) is 3.17. The summed E-state index contributed by atoms with van der Waals surface area (Å²) < 4.78 is 0. The van der Waals surface area contributed by atoms with E-state index in [4.69, 9.17) is 0 Å². The van der Waals surface area contributed by atoms with E-state index >= 15 is 0 Å². The quantitative estimate of drug-likeness (QED) is 0.905. The van der Waals surface area contributed by atoms with E-state index in [0.29, 0.717) is 19.4 Å². The Morgan fingerprint density at radius 1 is 1.50 bits per heavy atom. The lowest BCUT2D eigenvalue weighted by Crippen LogP contribution is -2.45. The van der Waals surface area contributed by atoms with Gasteiger partial charge in [0.05, 0.1) is 6.04 Å². The van der Waals surface area contributed by atoms with Gasteiger partial charge in [-0.2, -0.15) is 0 Å². The van der Waals surface area contributed by atoms with Gasteiger partial charge in [-0.25, -0.2) is 4.98 Å². The van der Waals surface area contributed by atoms with E-state index in [2.05, 4.69) is 10.3 Å². The molecule has 1 aromatic heterocycles. The van der Waals surface area contributed by atoms with Crippen molar-refractivity contribution >= 4 is 23.2 Å². The van der Waals surface area contributed by atoms with Crippen LogP contribution in [-0.4, -0.2) is 34.3 Å². The van der Waals surface area contributed by atoms with Gasteiger partial charge in [0.1, 0.15) is 11.0 Å². The number of nitrogens with zero attached hydrogens (tertiary/aromatic N) is 2. The van der Waals surface area contributed by atoms with Crippen LogP contribution in [0.3, 0.4) is 0 Å². The molecule has 0 spiro atoms. The third-order valence-corrected chi connectivity index (χ3v) is 4.45. The molecule has 6 heteroatoms. The second-order valence-electron chi connectivity index (χ2n) is 4.98. The number of amides is 2. The summed E-state index contributed by atoms with van der Waals surface area (Å²) in [6.45, 7) is 4.55. The van der Waals surface area contributed by atoms with Gasteiger partial charge in [-0.3, -0.25) is 9.59 Å². The number of thiazole rings is 1. The highest BCUT2D eigenvalue weighted by atomic mass is 32.1. The first-order chi connectivity index (χ1) is 9.67. The molecule has 1 saturated heterocycles. The molecule has 2 amide bonds. The maximum atomic E-state index is 12.7. The Kier molecular flexibility index (Phi) is 5.11. The molecule has 1 aliphatic heterocycles. The van der Waals surface area contributed by atoms with Gasteiger partial charge in [0, 0.05) is 24.5 Å². The van der Waals surface area contributed by atoms with Crippen molar-refractivity contribution in [2.24, 2.45) is 0 Å². The smallest absolute Gasteiger partial charge is 0.245 e. The predicted octanol–water partition coefficient (Wildman–Crippen LogP) is 2.11. The second-order valence-corrected chi connectivity index (χ2v) is 5.91. The molecule has 0 aliphatic carbocycles. The summed E-state index contributed by atoms with van der Waals surface area (Å²) >= 11 is 1.56. The van der Waals surface area contributed by atoms with Crippen molar-refractivity contribution < 1.29 is 9.59 Å². The summed E-state index contributed by atoms with van der Waals surface area (Å²) in [5, 5.41) is 5.71. The van der Waals surface area contributed by atoms with Crippen molar-refractivity contribution in [3.05, 3.63) is 16.6 Å². The minimum atomic E-state index is -0.385. The first-order valence-corrected chi connectivity index (χ1v) is 8.04. The van der Waals surface area contributed by atoms with Crippen LogP contribution in [0.2, 0.25) is 0 Å². The second kappa shape index (κ2) is 6.83. The Morgan fingerprint density at radius 2 is 2.30 bits per heavy atom. The number of hydrogen-bond donors (Lipinski definition) is 1. The fourth-order valence-corrected chi connectivity index (χ4v) is 3.42. The minimum absolute atomic E-state index is 0.0189. The van der Waals surface area contributed by atoms with E-state index in [0.717, 1.165) is 17.8 Å². The SMILES string of the molecule is CCCC1NC(=O)CCN(C(CC)c2nccs2)C1=O. The molecule has 110 valence electrons. The standard InChI is InChI=1S/C14H21N3O2S/c1-3-5-10-14(19)17(8-6-12(18)16-10)11(4-2)13-15-7-9-20-13/h7,9-11H,3-6,8H2,1-2H3,(H,16,18). The largest absolute Gasteiger partial charge is 0.344 e. The first kappa shape index (κ1) is 15.0. The molecule has 2 atom stereocenters. The lowest BCUT2D eigenvalue weighted by Gasteiger charge is -2.30. The van der Waals surface area contributed by atoms with Crippen LogP contribution >= 0.6 is 11.3 Å². The number of carbonyl (C=O) groups is 2. The zero-order valence-corrected chi connectivity index (χ0v) is 12.8. The van der Waals surface area contributed by atoms with Crippen LogP contribution in [0.4, 0.5) is 0 Å². The van der Waals surface area contributed by atoms with Gasteiger partial charge in [0.25, 0.3) is 0 Å². The van der Waals surface area contributed by atoms with Crippen molar-refractivity contribution in [1.82, 2.24) is 15.2 Å². The van der Waals surface area contributed by atoms with Crippen LogP contribution in [0.1, 0.15) is 50.6 Å². The molecule has 0 saturated carbocycles. The van der Waals surface area contributed by atoms with Crippen molar-refractivity contribution in [2.45, 2.75) is 51.6 Å². The monoisotopic (exact) mass is 295 g/mol. The molecule has 1 fully saturated rings. The number of hydrogen-bond acceptors (Lipinski definition) is 4. The van der Waals surface area contributed by atoms with Gasteiger partial charge in [0.2, 0.25) is 11.8 Å². The Balaban J connectivity index is 2.23. The molecular weight excluding hydrogens is 274 g/mol. The maximum Gasteiger partial charge on any atom is 0.245 e. The maximum absolute atomic E-state index is 12.7. The van der Waals surface area contributed by atoms with Crippen molar-refractivity contribution in [1.29, 1.82) is 0 Å². The summed E-state index contributed by atoms with van der Waals surface area (Å²) in [5.74, 6) is -0.00644. The van der Waals surface area contributed by atoms with E-state index in [9.17, 15) is 9.59 Å². The normalized spacial score (nSPS) is 21.5. The van der Waals surface area contributed by atoms with Crippen LogP contribution in [-0.2, 0) is 9.59 Å². The van der Waals surface area contributed by atoms with Crippen LogP contribution in [0.25, 0.3) is 0 Å². The fourth-order valence-electron chi connectivity index (χ4n) is 2.58. The summed E-state index contributed by atoms with van der Waals surface area (Å²) in [4.78, 5) is 30.6. The lowest BCUT2D eigenvalue weighted by atomic mass is 10.1. The van der Waals surface area contributed by atoms with Gasteiger partial charge in [0.15, 0.2) is 0 Å². The molecule has 0 aromatic carbocycles. The van der Waals surface area contributed by atoms with Gasteiger partial charge >= 0.3 is 0 Å². The first-order valence-electron chi connectivity index (χ1n) is 7.16. The highest BCUT2D eigenvalue weighted by molar-refractivity contribution is 7.09. The summed E-state index contributed by atoms with van der Waals surface area (Å²) in [7, 11) is 0. The van der Waals surface area contributed by atoms with E-state index in [1.54, 1.807) is 17.5 Å². The van der Waals surface area contributed by atoms with Gasteiger partial charge in [-0.15, -0.1) is 11.3 Å². The Bertz CT molecular complexity index is 461. The number of rotatable bonds is 5. The minimum Gasteiger partial charge on any atom is -0.344 e. The van der Waals surface area contributed by atoms with Crippen LogP contribution in [0.5, 0.6) is 0 Å². The number of carbonyl (C=O) groups excluding carboxylic acids is 2. The molecule has 1 aromatic rings. The van der Waals surface area contributed by atoms with E-state index < -0.39 is 0 Å². The summed E-state index contributed by atoms with van der Waals surface area (Å²) in [6, 6.07) is -0.404. The zero-order chi connectivity index (χ0) is 14.5. The average molecular weight is 295 g/mol. The van der Waals surface area contributed by atoms with Crippen molar-refractivity contribution in [3.63, 3.8) is 0 Å². The Hall–Kier alpha value is -1.43. The molecular formula is C14H21N3O2S. The zero-order valence-electron chi connectivity index (χ0n) is 12.0. The highest BCUT2D eigenvalue weighted by Gasteiger charge is 2.34. The topological polar surface area (TPSA) is 62.3 Å². The Morgan fingerprint density at radius 3 is 2.90 bits per heavy atom. The molecule has 0 radical (unpaired) electrons. The molecule has 0 bridgehead atoms. The average Bonchev–Trinajstić information content (AvgIpc) is 2.91. The van der Waals surface area contributed by atoms with Gasteiger partial charge in [-0.1, -0.05) is 20.3 Å².